The zero-order valence-corrected chi connectivity index (χ0v) is 15.8. The Morgan fingerprint density at radius 2 is 1.85 bits per heavy atom. The average molecular weight is 381 g/mol. The van der Waals surface area contributed by atoms with Crippen molar-refractivity contribution in [1.82, 2.24) is 10.6 Å². The minimum absolute atomic E-state index is 0.136. The highest BCUT2D eigenvalue weighted by molar-refractivity contribution is 6.30. The van der Waals surface area contributed by atoms with Gasteiger partial charge in [-0.15, -0.1) is 0 Å². The number of rotatable bonds is 6. The molecule has 1 fully saturated rings. The van der Waals surface area contributed by atoms with Crippen LogP contribution in [0.2, 0.25) is 5.02 Å². The fourth-order valence-corrected chi connectivity index (χ4v) is 3.11. The number of esters is 1. The monoisotopic (exact) mass is 380 g/mol. The molecule has 0 aromatic heterocycles. The van der Waals surface area contributed by atoms with E-state index < -0.39 is 17.9 Å². The summed E-state index contributed by atoms with van der Waals surface area (Å²) in [6.07, 6.45) is 4.34. The van der Waals surface area contributed by atoms with Crippen LogP contribution in [0.3, 0.4) is 0 Å². The van der Waals surface area contributed by atoms with Crippen LogP contribution < -0.4 is 10.6 Å². The van der Waals surface area contributed by atoms with E-state index >= 15 is 0 Å². The van der Waals surface area contributed by atoms with E-state index in [1.807, 2.05) is 0 Å². The molecular weight excluding hydrogens is 356 g/mol. The first kappa shape index (κ1) is 20.2. The van der Waals surface area contributed by atoms with E-state index in [9.17, 15) is 14.4 Å². The number of carbonyl (C=O) groups is 3. The second-order valence-electron chi connectivity index (χ2n) is 6.75. The van der Waals surface area contributed by atoms with Crippen LogP contribution >= 0.6 is 11.6 Å². The molecule has 1 aromatic rings. The molecule has 3 atom stereocenters. The molecule has 1 saturated carbocycles. The number of benzene rings is 1. The third kappa shape index (κ3) is 6.02. The van der Waals surface area contributed by atoms with Gasteiger partial charge < -0.3 is 15.4 Å². The smallest absolute Gasteiger partial charge is 0.328 e. The maximum atomic E-state index is 12.1. The Balaban J connectivity index is 1.75. The molecule has 0 bridgehead atoms. The Hall–Kier alpha value is -2.08. The van der Waals surface area contributed by atoms with Gasteiger partial charge in [0.2, 0.25) is 0 Å². The van der Waals surface area contributed by atoms with Gasteiger partial charge in [-0.3, -0.25) is 9.59 Å². The Morgan fingerprint density at radius 3 is 2.50 bits per heavy atom. The third-order valence-corrected chi connectivity index (χ3v) is 4.86. The standard InChI is InChI=1S/C19H25ClN2O4/c1-12-5-3-4-6-16(12)22-17(23)11-26-19(25)13(2)21-18(24)14-7-9-15(20)10-8-14/h7-10,12-13,16H,3-6,11H2,1-2H3,(H,21,24)(H,22,23)/t12-,13+,16-/m1/s1. The second-order valence-corrected chi connectivity index (χ2v) is 7.18. The molecule has 6 nitrogen and oxygen atoms in total. The topological polar surface area (TPSA) is 84.5 Å². The zero-order valence-electron chi connectivity index (χ0n) is 15.1. The van der Waals surface area contributed by atoms with Crippen LogP contribution in [0.15, 0.2) is 24.3 Å². The quantitative estimate of drug-likeness (QED) is 0.743. The summed E-state index contributed by atoms with van der Waals surface area (Å²) in [4.78, 5) is 36.0. The van der Waals surface area contributed by atoms with Crippen molar-refractivity contribution in [2.45, 2.75) is 51.6 Å². The van der Waals surface area contributed by atoms with Crippen molar-refractivity contribution in [3.63, 3.8) is 0 Å². The molecule has 0 aliphatic heterocycles. The van der Waals surface area contributed by atoms with Gasteiger partial charge >= 0.3 is 5.97 Å². The molecule has 0 saturated heterocycles. The van der Waals surface area contributed by atoms with Crippen LogP contribution in [0.4, 0.5) is 0 Å². The Bertz CT molecular complexity index is 647. The highest BCUT2D eigenvalue weighted by Crippen LogP contribution is 2.23. The largest absolute Gasteiger partial charge is 0.454 e. The van der Waals surface area contributed by atoms with Gasteiger partial charge in [0.05, 0.1) is 0 Å². The Morgan fingerprint density at radius 1 is 1.19 bits per heavy atom. The molecule has 1 aromatic carbocycles. The van der Waals surface area contributed by atoms with Crippen LogP contribution in [0, 0.1) is 5.92 Å². The lowest BCUT2D eigenvalue weighted by Crippen LogP contribution is -2.44. The normalized spacial score (nSPS) is 20.7. The van der Waals surface area contributed by atoms with Gasteiger partial charge in [0.15, 0.2) is 6.61 Å². The van der Waals surface area contributed by atoms with E-state index in [-0.39, 0.29) is 18.6 Å². The van der Waals surface area contributed by atoms with E-state index in [4.69, 9.17) is 16.3 Å². The SMILES string of the molecule is C[C@H](NC(=O)c1ccc(Cl)cc1)C(=O)OCC(=O)N[C@@H]1CCCC[C@H]1C. The summed E-state index contributed by atoms with van der Waals surface area (Å²) in [7, 11) is 0. The summed E-state index contributed by atoms with van der Waals surface area (Å²) in [6.45, 7) is 3.28. The molecule has 1 aliphatic rings. The molecule has 7 heteroatoms. The van der Waals surface area contributed by atoms with Crippen LogP contribution in [-0.4, -0.2) is 36.5 Å². The first-order chi connectivity index (χ1) is 12.4. The Kier molecular flexibility index (Phi) is 7.45. The highest BCUT2D eigenvalue weighted by Gasteiger charge is 2.24. The minimum Gasteiger partial charge on any atom is -0.454 e. The van der Waals surface area contributed by atoms with Crippen molar-refractivity contribution in [2.24, 2.45) is 5.92 Å². The number of hydrogen-bond donors (Lipinski definition) is 2. The van der Waals surface area contributed by atoms with Gasteiger partial charge in [0, 0.05) is 16.6 Å². The van der Waals surface area contributed by atoms with E-state index in [0.717, 1.165) is 19.3 Å². The number of ether oxygens (including phenoxy) is 1. The predicted molar refractivity (Wildman–Crippen MR) is 98.9 cm³/mol. The van der Waals surface area contributed by atoms with E-state index in [1.165, 1.54) is 13.3 Å². The van der Waals surface area contributed by atoms with Gasteiger partial charge in [-0.05, 0) is 49.9 Å². The first-order valence-electron chi connectivity index (χ1n) is 8.89. The molecule has 2 N–H and O–H groups in total. The molecule has 1 aliphatic carbocycles. The maximum Gasteiger partial charge on any atom is 0.328 e. The van der Waals surface area contributed by atoms with E-state index in [2.05, 4.69) is 17.6 Å². The number of nitrogens with one attached hydrogen (secondary N) is 2. The molecule has 26 heavy (non-hydrogen) atoms. The molecule has 0 heterocycles. The molecule has 2 amide bonds. The molecule has 142 valence electrons. The van der Waals surface area contributed by atoms with Crippen molar-refractivity contribution in [3.8, 4) is 0 Å². The number of carbonyl (C=O) groups excluding carboxylic acids is 3. The summed E-state index contributed by atoms with van der Waals surface area (Å²) >= 11 is 5.78. The Labute approximate surface area is 158 Å². The summed E-state index contributed by atoms with van der Waals surface area (Å²) in [5.74, 6) is -0.944. The third-order valence-electron chi connectivity index (χ3n) is 4.61. The number of hydrogen-bond acceptors (Lipinski definition) is 4. The number of halogens is 1. The summed E-state index contributed by atoms with van der Waals surface area (Å²) in [5.41, 5.74) is 0.387. The van der Waals surface area contributed by atoms with Crippen LogP contribution in [0.25, 0.3) is 0 Å². The summed E-state index contributed by atoms with van der Waals surface area (Å²) in [5, 5.41) is 5.98. The predicted octanol–water partition coefficient (Wildman–Crippen LogP) is 2.70. The van der Waals surface area contributed by atoms with Gasteiger partial charge in [0.25, 0.3) is 11.8 Å². The van der Waals surface area contributed by atoms with Crippen LogP contribution in [0.5, 0.6) is 0 Å². The molecular formula is C19H25ClN2O4. The van der Waals surface area contributed by atoms with Gasteiger partial charge in [-0.1, -0.05) is 31.4 Å². The van der Waals surface area contributed by atoms with Crippen LogP contribution in [-0.2, 0) is 14.3 Å². The maximum absolute atomic E-state index is 12.1. The lowest BCUT2D eigenvalue weighted by molar-refractivity contribution is -0.150. The fraction of sp³-hybridized carbons (Fsp3) is 0.526. The van der Waals surface area contributed by atoms with Crippen molar-refractivity contribution < 1.29 is 19.1 Å². The van der Waals surface area contributed by atoms with Gasteiger partial charge in [-0.25, -0.2) is 4.79 Å². The van der Waals surface area contributed by atoms with Crippen LogP contribution in [0.1, 0.15) is 49.9 Å². The first-order valence-corrected chi connectivity index (χ1v) is 9.27. The highest BCUT2D eigenvalue weighted by atomic mass is 35.5. The van der Waals surface area contributed by atoms with Crippen molar-refractivity contribution in [2.75, 3.05) is 6.61 Å². The van der Waals surface area contributed by atoms with Crippen molar-refractivity contribution >= 4 is 29.4 Å². The molecule has 0 unspecified atom stereocenters. The minimum atomic E-state index is -0.861. The lowest BCUT2D eigenvalue weighted by Gasteiger charge is -2.29. The fourth-order valence-electron chi connectivity index (χ4n) is 2.98. The summed E-state index contributed by atoms with van der Waals surface area (Å²) < 4.78 is 5.01. The zero-order chi connectivity index (χ0) is 19.1. The number of amides is 2. The van der Waals surface area contributed by atoms with E-state index in [0.29, 0.717) is 16.5 Å². The van der Waals surface area contributed by atoms with Crippen molar-refractivity contribution in [1.29, 1.82) is 0 Å². The molecule has 0 radical (unpaired) electrons. The second kappa shape index (κ2) is 9.57. The van der Waals surface area contributed by atoms with E-state index in [1.54, 1.807) is 24.3 Å². The lowest BCUT2D eigenvalue weighted by atomic mass is 9.86. The van der Waals surface area contributed by atoms with Gasteiger partial charge in [-0.2, -0.15) is 0 Å². The van der Waals surface area contributed by atoms with Gasteiger partial charge in [0.1, 0.15) is 6.04 Å². The van der Waals surface area contributed by atoms with Crippen molar-refractivity contribution in [3.05, 3.63) is 34.9 Å². The average Bonchev–Trinajstić information content (AvgIpc) is 2.62. The summed E-state index contributed by atoms with van der Waals surface area (Å²) in [6, 6.07) is 5.59. The molecule has 2 rings (SSSR count). The molecule has 0 spiro atoms.